The quantitative estimate of drug-likeness (QED) is 0.516. The van der Waals surface area contributed by atoms with Gasteiger partial charge in [0.15, 0.2) is 0 Å². The molecule has 0 unspecified atom stereocenters. The van der Waals surface area contributed by atoms with Crippen LogP contribution < -0.4 is 5.19 Å². The van der Waals surface area contributed by atoms with Crippen LogP contribution >= 0.6 is 23.2 Å². The zero-order valence-electron chi connectivity index (χ0n) is 7.79. The van der Waals surface area contributed by atoms with E-state index in [9.17, 15) is 4.39 Å². The van der Waals surface area contributed by atoms with E-state index in [2.05, 4.69) is 0 Å². The van der Waals surface area contributed by atoms with Crippen molar-refractivity contribution in [3.8, 4) is 0 Å². The van der Waals surface area contributed by atoms with Crippen molar-refractivity contribution in [2.24, 2.45) is 0 Å². The maximum absolute atomic E-state index is 13.6. The van der Waals surface area contributed by atoms with E-state index in [1.807, 2.05) is 19.6 Å². The molecule has 0 saturated heterocycles. The Balaban J connectivity index is 3.43. The third-order valence-electron chi connectivity index (χ3n) is 1.79. The Morgan fingerprint density at radius 1 is 1.08 bits per heavy atom. The standard InChI is InChI=1S/C9H11Cl2FSi/c1-13(2,3)9-7(11)5-4-6(10)8(9)12/h4-5H,1-3H3. The molecule has 0 nitrogen and oxygen atoms in total. The molecule has 1 aromatic carbocycles. The Morgan fingerprint density at radius 3 is 1.92 bits per heavy atom. The molecule has 1 aromatic rings. The number of hydrogen-bond acceptors (Lipinski definition) is 0. The van der Waals surface area contributed by atoms with Gasteiger partial charge in [-0.25, -0.2) is 4.39 Å². The van der Waals surface area contributed by atoms with E-state index in [4.69, 9.17) is 23.2 Å². The van der Waals surface area contributed by atoms with E-state index in [-0.39, 0.29) is 10.8 Å². The molecule has 4 heteroatoms. The summed E-state index contributed by atoms with van der Waals surface area (Å²) in [7, 11) is -1.75. The van der Waals surface area contributed by atoms with Crippen LogP contribution in [0.4, 0.5) is 4.39 Å². The first-order valence-corrected chi connectivity index (χ1v) is 8.23. The summed E-state index contributed by atoms with van der Waals surface area (Å²) in [4.78, 5) is 0. The summed E-state index contributed by atoms with van der Waals surface area (Å²) in [5.41, 5.74) is 0. The summed E-state index contributed by atoms with van der Waals surface area (Å²) in [6.07, 6.45) is 0. The van der Waals surface area contributed by atoms with Gasteiger partial charge in [-0.3, -0.25) is 0 Å². The molecule has 0 aliphatic carbocycles. The van der Waals surface area contributed by atoms with Crippen LogP contribution in [0.2, 0.25) is 29.7 Å². The summed E-state index contributed by atoms with van der Waals surface area (Å²) < 4.78 is 13.6. The molecule has 0 aromatic heterocycles. The average molecular weight is 237 g/mol. The van der Waals surface area contributed by atoms with Crippen molar-refractivity contribution < 1.29 is 4.39 Å². The largest absolute Gasteiger partial charge is 0.205 e. The second-order valence-electron chi connectivity index (χ2n) is 3.97. The van der Waals surface area contributed by atoms with Gasteiger partial charge in [0.25, 0.3) is 0 Å². The molecule has 0 atom stereocenters. The van der Waals surface area contributed by atoms with Crippen LogP contribution in [-0.4, -0.2) is 8.07 Å². The van der Waals surface area contributed by atoms with Crippen molar-refractivity contribution >= 4 is 36.5 Å². The van der Waals surface area contributed by atoms with Gasteiger partial charge >= 0.3 is 0 Å². The van der Waals surface area contributed by atoms with Crippen LogP contribution in [0.3, 0.4) is 0 Å². The summed E-state index contributed by atoms with van der Waals surface area (Å²) in [5, 5.41) is 1.25. The van der Waals surface area contributed by atoms with Gasteiger partial charge in [0.2, 0.25) is 0 Å². The fourth-order valence-corrected chi connectivity index (χ4v) is 4.04. The van der Waals surface area contributed by atoms with Crippen LogP contribution in [0, 0.1) is 5.82 Å². The van der Waals surface area contributed by atoms with Crippen LogP contribution in [0.1, 0.15) is 0 Å². The van der Waals surface area contributed by atoms with Crippen LogP contribution in [0.5, 0.6) is 0 Å². The lowest BCUT2D eigenvalue weighted by Gasteiger charge is -2.19. The SMILES string of the molecule is C[Si](C)(C)c1c(Cl)ccc(Cl)c1F. The minimum absolute atomic E-state index is 0.154. The maximum Gasteiger partial charge on any atom is 0.142 e. The molecule has 0 amide bonds. The van der Waals surface area contributed by atoms with Crippen molar-refractivity contribution in [1.82, 2.24) is 0 Å². The molecule has 0 saturated carbocycles. The zero-order chi connectivity index (χ0) is 10.2. The fourth-order valence-electron chi connectivity index (χ4n) is 1.21. The van der Waals surface area contributed by atoms with Gasteiger partial charge in [-0.05, 0) is 17.3 Å². The molecule has 0 N–H and O–H groups in total. The molecular formula is C9H11Cl2FSi. The van der Waals surface area contributed by atoms with Gasteiger partial charge in [0.1, 0.15) is 5.82 Å². The van der Waals surface area contributed by atoms with Crippen molar-refractivity contribution in [2.75, 3.05) is 0 Å². The van der Waals surface area contributed by atoms with Crippen LogP contribution in [-0.2, 0) is 0 Å². The first-order valence-electron chi connectivity index (χ1n) is 3.98. The fraction of sp³-hybridized carbons (Fsp3) is 0.333. The molecular weight excluding hydrogens is 226 g/mol. The Bertz CT molecular complexity index is 331. The molecule has 72 valence electrons. The Kier molecular flexibility index (Phi) is 3.05. The van der Waals surface area contributed by atoms with Crippen molar-refractivity contribution in [1.29, 1.82) is 0 Å². The van der Waals surface area contributed by atoms with Gasteiger partial charge in [0, 0.05) is 5.02 Å². The van der Waals surface area contributed by atoms with Crippen LogP contribution in [0.25, 0.3) is 0 Å². The van der Waals surface area contributed by atoms with Gasteiger partial charge in [-0.15, -0.1) is 0 Å². The number of rotatable bonds is 1. The average Bonchev–Trinajstić information content (AvgIpc) is 1.95. The van der Waals surface area contributed by atoms with Crippen LogP contribution in [0.15, 0.2) is 12.1 Å². The number of benzene rings is 1. The Morgan fingerprint density at radius 2 is 1.54 bits per heavy atom. The van der Waals surface area contributed by atoms with E-state index in [1.54, 1.807) is 6.07 Å². The first kappa shape index (κ1) is 11.0. The molecule has 0 fully saturated rings. The van der Waals surface area contributed by atoms with Gasteiger partial charge < -0.3 is 0 Å². The molecule has 0 spiro atoms. The van der Waals surface area contributed by atoms with E-state index in [1.165, 1.54) is 6.07 Å². The lowest BCUT2D eigenvalue weighted by atomic mass is 10.3. The number of hydrogen-bond donors (Lipinski definition) is 0. The minimum Gasteiger partial charge on any atom is -0.205 e. The smallest absolute Gasteiger partial charge is 0.142 e. The molecule has 0 radical (unpaired) electrons. The summed E-state index contributed by atoms with van der Waals surface area (Å²) >= 11 is 11.6. The highest BCUT2D eigenvalue weighted by molar-refractivity contribution is 6.90. The third-order valence-corrected chi connectivity index (χ3v) is 4.55. The highest BCUT2D eigenvalue weighted by Crippen LogP contribution is 2.21. The highest BCUT2D eigenvalue weighted by Gasteiger charge is 2.25. The lowest BCUT2D eigenvalue weighted by molar-refractivity contribution is 0.635. The predicted molar refractivity (Wildman–Crippen MR) is 59.4 cm³/mol. The minimum atomic E-state index is -1.75. The third kappa shape index (κ3) is 2.24. The molecule has 0 aliphatic heterocycles. The normalized spacial score (nSPS) is 11.8. The van der Waals surface area contributed by atoms with Crippen molar-refractivity contribution in [3.63, 3.8) is 0 Å². The Labute approximate surface area is 88.7 Å². The van der Waals surface area contributed by atoms with Gasteiger partial charge in [0.05, 0.1) is 13.1 Å². The van der Waals surface area contributed by atoms with E-state index in [0.29, 0.717) is 10.2 Å². The van der Waals surface area contributed by atoms with E-state index >= 15 is 0 Å². The topological polar surface area (TPSA) is 0 Å². The molecule has 13 heavy (non-hydrogen) atoms. The van der Waals surface area contributed by atoms with Crippen molar-refractivity contribution in [3.05, 3.63) is 28.0 Å². The number of halogens is 3. The molecule has 1 rings (SSSR count). The van der Waals surface area contributed by atoms with Gasteiger partial charge in [-0.2, -0.15) is 0 Å². The summed E-state index contributed by atoms with van der Waals surface area (Å²) in [6.45, 7) is 6.11. The molecule has 0 bridgehead atoms. The first-order chi connectivity index (χ1) is 5.84. The molecule has 0 aliphatic rings. The predicted octanol–water partition coefficient (Wildman–Crippen LogP) is 3.68. The van der Waals surface area contributed by atoms with Gasteiger partial charge in [-0.1, -0.05) is 42.8 Å². The highest BCUT2D eigenvalue weighted by atomic mass is 35.5. The zero-order valence-corrected chi connectivity index (χ0v) is 10.3. The van der Waals surface area contributed by atoms with E-state index in [0.717, 1.165) is 0 Å². The second-order valence-corrected chi connectivity index (χ2v) is 9.78. The van der Waals surface area contributed by atoms with E-state index < -0.39 is 8.07 Å². The Hall–Kier alpha value is -0.0531. The molecule has 0 heterocycles. The summed E-state index contributed by atoms with van der Waals surface area (Å²) in [5.74, 6) is -0.353. The lowest BCUT2D eigenvalue weighted by Crippen LogP contribution is -2.41. The summed E-state index contributed by atoms with van der Waals surface area (Å²) in [6, 6.07) is 3.14. The monoisotopic (exact) mass is 236 g/mol. The van der Waals surface area contributed by atoms with Crippen molar-refractivity contribution in [2.45, 2.75) is 19.6 Å². The second kappa shape index (κ2) is 3.60. The maximum atomic E-state index is 13.6.